The Kier molecular flexibility index (Phi) is 3.93. The quantitative estimate of drug-likeness (QED) is 0.915. The molecule has 1 N–H and O–H groups in total. The van der Waals surface area contributed by atoms with E-state index in [1.54, 1.807) is 0 Å². The van der Waals surface area contributed by atoms with Crippen LogP contribution < -0.4 is 4.74 Å². The molecule has 0 saturated carbocycles. The first-order valence-electron chi connectivity index (χ1n) is 8.22. The molecule has 1 aromatic heterocycles. The zero-order valence-corrected chi connectivity index (χ0v) is 13.6. The van der Waals surface area contributed by atoms with Gasteiger partial charge in [0.1, 0.15) is 17.7 Å². The normalized spacial score (nSPS) is 19.9. The highest BCUT2D eigenvalue weighted by Crippen LogP contribution is 2.26. The van der Waals surface area contributed by atoms with Gasteiger partial charge >= 0.3 is 0 Å². The van der Waals surface area contributed by atoms with Crippen LogP contribution >= 0.6 is 0 Å². The molecule has 7 nitrogen and oxygen atoms in total. The summed E-state index contributed by atoms with van der Waals surface area (Å²) >= 11 is 0. The Labute approximate surface area is 140 Å². The third-order valence-electron chi connectivity index (χ3n) is 4.43. The van der Waals surface area contributed by atoms with Gasteiger partial charge in [0.25, 0.3) is 0 Å². The van der Waals surface area contributed by atoms with E-state index in [0.717, 1.165) is 30.2 Å². The second-order valence-electron chi connectivity index (χ2n) is 6.20. The van der Waals surface area contributed by atoms with Crippen LogP contribution in [-0.4, -0.2) is 52.3 Å². The number of aromatic nitrogens is 3. The molecule has 2 aliphatic heterocycles. The largest absolute Gasteiger partial charge is 0.493 e. The summed E-state index contributed by atoms with van der Waals surface area (Å²) in [5.41, 5.74) is 2.22. The Hall–Kier alpha value is -2.41. The molecule has 126 valence electrons. The number of fused-ring (bicyclic) bond motifs is 1. The van der Waals surface area contributed by atoms with Gasteiger partial charge in [0.15, 0.2) is 5.82 Å². The summed E-state index contributed by atoms with van der Waals surface area (Å²) in [4.78, 5) is 18.8. The molecule has 3 heterocycles. The van der Waals surface area contributed by atoms with Gasteiger partial charge in [-0.2, -0.15) is 5.10 Å². The summed E-state index contributed by atoms with van der Waals surface area (Å²) < 4.78 is 11.2. The molecular formula is C17H20N4O3. The average Bonchev–Trinajstić information content (AvgIpc) is 3.23. The number of hydrogen-bond acceptors (Lipinski definition) is 5. The van der Waals surface area contributed by atoms with Crippen molar-refractivity contribution < 1.29 is 14.3 Å². The van der Waals surface area contributed by atoms with Crippen molar-refractivity contribution in [2.45, 2.75) is 25.9 Å². The molecule has 0 radical (unpaired) electrons. The molecule has 24 heavy (non-hydrogen) atoms. The SMILES string of the molecule is Cc1nc([C@@H]2CN(C(=O)Cc3ccc4c(c3)CCO4)CCO2)n[nH]1. The lowest BCUT2D eigenvalue weighted by atomic mass is 10.1. The number of carbonyl (C=O) groups is 1. The number of aryl methyl sites for hydroxylation is 1. The van der Waals surface area contributed by atoms with Crippen LogP contribution in [0.2, 0.25) is 0 Å². The van der Waals surface area contributed by atoms with E-state index >= 15 is 0 Å². The van der Waals surface area contributed by atoms with Gasteiger partial charge in [0, 0.05) is 13.0 Å². The third-order valence-corrected chi connectivity index (χ3v) is 4.43. The molecule has 2 aliphatic rings. The van der Waals surface area contributed by atoms with Crippen LogP contribution in [0.5, 0.6) is 5.75 Å². The minimum Gasteiger partial charge on any atom is -0.493 e. The van der Waals surface area contributed by atoms with Gasteiger partial charge in [-0.1, -0.05) is 12.1 Å². The zero-order chi connectivity index (χ0) is 16.5. The Balaban J connectivity index is 1.42. The van der Waals surface area contributed by atoms with E-state index in [9.17, 15) is 4.79 Å². The molecule has 1 amide bonds. The lowest BCUT2D eigenvalue weighted by Crippen LogP contribution is -2.43. The Morgan fingerprint density at radius 3 is 3.17 bits per heavy atom. The van der Waals surface area contributed by atoms with Crippen LogP contribution in [0.15, 0.2) is 18.2 Å². The first-order valence-corrected chi connectivity index (χ1v) is 8.22. The van der Waals surface area contributed by atoms with Gasteiger partial charge in [0.05, 0.1) is 26.2 Å². The van der Waals surface area contributed by atoms with E-state index in [2.05, 4.69) is 21.2 Å². The molecule has 7 heteroatoms. The minimum atomic E-state index is -0.263. The highest BCUT2D eigenvalue weighted by Gasteiger charge is 2.28. The lowest BCUT2D eigenvalue weighted by Gasteiger charge is -2.31. The smallest absolute Gasteiger partial charge is 0.227 e. The molecule has 4 rings (SSSR count). The Bertz CT molecular complexity index is 758. The van der Waals surface area contributed by atoms with Crippen molar-refractivity contribution in [1.82, 2.24) is 20.1 Å². The van der Waals surface area contributed by atoms with Gasteiger partial charge in [-0.15, -0.1) is 0 Å². The van der Waals surface area contributed by atoms with E-state index in [1.165, 1.54) is 5.56 Å². The van der Waals surface area contributed by atoms with Crippen molar-refractivity contribution >= 4 is 5.91 Å². The van der Waals surface area contributed by atoms with Crippen LogP contribution in [0.1, 0.15) is 28.9 Å². The zero-order valence-electron chi connectivity index (χ0n) is 13.6. The monoisotopic (exact) mass is 328 g/mol. The van der Waals surface area contributed by atoms with Gasteiger partial charge < -0.3 is 14.4 Å². The van der Waals surface area contributed by atoms with Crippen molar-refractivity contribution in [3.8, 4) is 5.75 Å². The average molecular weight is 328 g/mol. The Morgan fingerprint density at radius 2 is 2.33 bits per heavy atom. The fraction of sp³-hybridized carbons (Fsp3) is 0.471. The fourth-order valence-electron chi connectivity index (χ4n) is 3.17. The van der Waals surface area contributed by atoms with Gasteiger partial charge in [-0.25, -0.2) is 4.98 Å². The molecule has 0 unspecified atom stereocenters. The number of hydrogen-bond donors (Lipinski definition) is 1. The number of amides is 1. The molecule has 0 bridgehead atoms. The van der Waals surface area contributed by atoms with E-state index in [1.807, 2.05) is 24.0 Å². The van der Waals surface area contributed by atoms with Crippen LogP contribution in [0.25, 0.3) is 0 Å². The molecule has 2 aromatic rings. The van der Waals surface area contributed by atoms with Crippen molar-refractivity contribution in [1.29, 1.82) is 0 Å². The second kappa shape index (κ2) is 6.24. The summed E-state index contributed by atoms with van der Waals surface area (Å²) in [6.45, 7) is 4.17. The topological polar surface area (TPSA) is 80.3 Å². The maximum atomic E-state index is 12.6. The number of rotatable bonds is 3. The molecule has 1 fully saturated rings. The minimum absolute atomic E-state index is 0.106. The maximum Gasteiger partial charge on any atom is 0.227 e. The first kappa shape index (κ1) is 15.1. The van der Waals surface area contributed by atoms with E-state index < -0.39 is 0 Å². The van der Waals surface area contributed by atoms with Gasteiger partial charge in [-0.05, 0) is 24.1 Å². The number of morpholine rings is 1. The third kappa shape index (κ3) is 2.99. The summed E-state index contributed by atoms with van der Waals surface area (Å²) in [7, 11) is 0. The highest BCUT2D eigenvalue weighted by atomic mass is 16.5. The molecule has 0 aliphatic carbocycles. The van der Waals surface area contributed by atoms with Crippen LogP contribution in [0.4, 0.5) is 0 Å². The predicted octanol–water partition coefficient (Wildman–Crippen LogP) is 1.19. The summed E-state index contributed by atoms with van der Waals surface area (Å²) in [6, 6.07) is 6.01. The standard InChI is InChI=1S/C17H20N4O3/c1-11-18-17(20-19-11)15-10-21(5-7-24-15)16(22)9-12-2-3-14-13(8-12)4-6-23-14/h2-3,8,15H,4-7,9-10H2,1H3,(H,18,19,20)/t15-/m0/s1. The van der Waals surface area contributed by atoms with E-state index in [4.69, 9.17) is 9.47 Å². The summed E-state index contributed by atoms with van der Waals surface area (Å²) in [5.74, 6) is 2.41. The number of nitrogens with one attached hydrogen (secondary N) is 1. The van der Waals surface area contributed by atoms with Crippen LogP contribution in [-0.2, 0) is 22.4 Å². The van der Waals surface area contributed by atoms with Crippen molar-refractivity contribution in [3.63, 3.8) is 0 Å². The summed E-state index contributed by atoms with van der Waals surface area (Å²) in [6.07, 6.45) is 1.05. The first-order chi connectivity index (χ1) is 11.7. The lowest BCUT2D eigenvalue weighted by molar-refractivity contribution is -0.138. The number of aromatic amines is 1. The number of H-pyrrole nitrogens is 1. The van der Waals surface area contributed by atoms with Gasteiger partial charge in [-0.3, -0.25) is 9.89 Å². The number of benzene rings is 1. The van der Waals surface area contributed by atoms with Crippen LogP contribution in [0.3, 0.4) is 0 Å². The van der Waals surface area contributed by atoms with Crippen molar-refractivity contribution in [2.75, 3.05) is 26.3 Å². The molecule has 1 saturated heterocycles. The van der Waals surface area contributed by atoms with E-state index in [0.29, 0.717) is 31.9 Å². The number of nitrogens with zero attached hydrogens (tertiary/aromatic N) is 3. The number of carbonyl (C=O) groups excluding carboxylic acids is 1. The molecule has 0 spiro atoms. The highest BCUT2D eigenvalue weighted by molar-refractivity contribution is 5.79. The summed E-state index contributed by atoms with van der Waals surface area (Å²) in [5, 5.41) is 6.96. The predicted molar refractivity (Wildman–Crippen MR) is 85.7 cm³/mol. The second-order valence-corrected chi connectivity index (χ2v) is 6.20. The number of ether oxygens (including phenoxy) is 2. The molecular weight excluding hydrogens is 308 g/mol. The van der Waals surface area contributed by atoms with E-state index in [-0.39, 0.29) is 12.0 Å². The molecule has 1 atom stereocenters. The maximum absolute atomic E-state index is 12.6. The fourth-order valence-corrected chi connectivity index (χ4v) is 3.17. The van der Waals surface area contributed by atoms with Crippen molar-refractivity contribution in [3.05, 3.63) is 41.0 Å². The molecule has 1 aromatic carbocycles. The van der Waals surface area contributed by atoms with Crippen LogP contribution in [0, 0.1) is 6.92 Å². The van der Waals surface area contributed by atoms with Gasteiger partial charge in [0.2, 0.25) is 5.91 Å². The Morgan fingerprint density at radius 1 is 1.42 bits per heavy atom. The van der Waals surface area contributed by atoms with Crippen molar-refractivity contribution in [2.24, 2.45) is 0 Å².